The highest BCUT2D eigenvalue weighted by atomic mass is 35.5. The fourth-order valence-corrected chi connectivity index (χ4v) is 4.06. The van der Waals surface area contributed by atoms with Crippen molar-refractivity contribution in [1.29, 1.82) is 0 Å². The van der Waals surface area contributed by atoms with Crippen molar-refractivity contribution in [3.63, 3.8) is 0 Å². The highest BCUT2D eigenvalue weighted by Gasteiger charge is 2.79. The SMILES string of the molecule is COC1(OC)CC2C(=O)N(C)C(=O)C21c1ccc(Cl)c(Cl)c1. The van der Waals surface area contributed by atoms with Crippen molar-refractivity contribution in [2.24, 2.45) is 5.92 Å². The quantitative estimate of drug-likeness (QED) is 0.623. The van der Waals surface area contributed by atoms with Crippen molar-refractivity contribution in [1.82, 2.24) is 4.90 Å². The zero-order valence-electron chi connectivity index (χ0n) is 12.4. The van der Waals surface area contributed by atoms with Gasteiger partial charge in [-0.15, -0.1) is 0 Å². The molecule has 1 aliphatic carbocycles. The van der Waals surface area contributed by atoms with E-state index in [1.165, 1.54) is 21.3 Å². The first-order valence-electron chi connectivity index (χ1n) is 6.73. The van der Waals surface area contributed by atoms with Crippen LogP contribution >= 0.6 is 23.2 Å². The number of likely N-dealkylation sites (tertiary alicyclic amines) is 1. The van der Waals surface area contributed by atoms with Crippen molar-refractivity contribution in [2.45, 2.75) is 17.6 Å². The molecule has 1 aromatic carbocycles. The highest BCUT2D eigenvalue weighted by molar-refractivity contribution is 6.42. The first-order valence-corrected chi connectivity index (χ1v) is 7.49. The van der Waals surface area contributed by atoms with Crippen molar-refractivity contribution >= 4 is 35.0 Å². The van der Waals surface area contributed by atoms with Gasteiger partial charge in [-0.2, -0.15) is 0 Å². The van der Waals surface area contributed by atoms with Gasteiger partial charge in [0.1, 0.15) is 5.41 Å². The molecular weight excluding hydrogens is 329 g/mol. The van der Waals surface area contributed by atoms with E-state index in [0.717, 1.165) is 4.90 Å². The third kappa shape index (κ3) is 1.57. The molecule has 0 radical (unpaired) electrons. The number of rotatable bonds is 3. The van der Waals surface area contributed by atoms with Crippen LogP contribution in [0.2, 0.25) is 10.0 Å². The van der Waals surface area contributed by atoms with Crippen LogP contribution in [0, 0.1) is 5.92 Å². The maximum absolute atomic E-state index is 12.9. The van der Waals surface area contributed by atoms with Crippen LogP contribution in [0.15, 0.2) is 18.2 Å². The van der Waals surface area contributed by atoms with Gasteiger partial charge in [0.2, 0.25) is 11.8 Å². The van der Waals surface area contributed by atoms with Crippen LogP contribution in [0.25, 0.3) is 0 Å². The predicted octanol–water partition coefficient (Wildman–Crippen LogP) is 2.24. The van der Waals surface area contributed by atoms with Gasteiger partial charge in [0.05, 0.1) is 16.0 Å². The molecule has 0 bridgehead atoms. The Morgan fingerprint density at radius 3 is 2.32 bits per heavy atom. The molecule has 2 fully saturated rings. The number of hydrogen-bond donors (Lipinski definition) is 0. The van der Waals surface area contributed by atoms with Crippen LogP contribution in [0.1, 0.15) is 12.0 Å². The molecule has 1 aliphatic heterocycles. The number of halogens is 2. The van der Waals surface area contributed by atoms with E-state index in [9.17, 15) is 9.59 Å². The molecule has 7 heteroatoms. The van der Waals surface area contributed by atoms with Crippen molar-refractivity contribution in [2.75, 3.05) is 21.3 Å². The molecule has 1 saturated heterocycles. The molecule has 5 nitrogen and oxygen atoms in total. The Kier molecular flexibility index (Phi) is 3.53. The summed E-state index contributed by atoms with van der Waals surface area (Å²) in [4.78, 5) is 26.4. The van der Waals surface area contributed by atoms with Gasteiger partial charge in [-0.25, -0.2) is 0 Å². The van der Waals surface area contributed by atoms with E-state index in [0.29, 0.717) is 22.0 Å². The first-order chi connectivity index (χ1) is 10.4. The summed E-state index contributed by atoms with van der Waals surface area (Å²) < 4.78 is 11.1. The molecule has 3 rings (SSSR count). The third-order valence-electron chi connectivity index (χ3n) is 4.90. The Bertz CT molecular complexity index is 674. The molecule has 1 heterocycles. The van der Waals surface area contributed by atoms with E-state index in [-0.39, 0.29) is 11.8 Å². The Hall–Kier alpha value is -1.14. The zero-order chi connectivity index (χ0) is 16.3. The van der Waals surface area contributed by atoms with E-state index in [4.69, 9.17) is 32.7 Å². The van der Waals surface area contributed by atoms with E-state index in [1.807, 2.05) is 0 Å². The van der Waals surface area contributed by atoms with Crippen molar-refractivity contribution in [3.8, 4) is 0 Å². The number of methoxy groups -OCH3 is 2. The van der Waals surface area contributed by atoms with Crippen LogP contribution < -0.4 is 0 Å². The lowest BCUT2D eigenvalue weighted by Crippen LogP contribution is -2.70. The van der Waals surface area contributed by atoms with E-state index in [2.05, 4.69) is 0 Å². The summed E-state index contributed by atoms with van der Waals surface area (Å²) in [6.07, 6.45) is 0.315. The number of hydrogen-bond acceptors (Lipinski definition) is 4. The number of amides is 2. The maximum Gasteiger partial charge on any atom is 0.245 e. The van der Waals surface area contributed by atoms with Crippen LogP contribution in [-0.2, 0) is 24.5 Å². The third-order valence-corrected chi connectivity index (χ3v) is 5.64. The lowest BCUT2D eigenvalue weighted by Gasteiger charge is -2.56. The smallest absolute Gasteiger partial charge is 0.245 e. The minimum Gasteiger partial charge on any atom is -0.352 e. The van der Waals surface area contributed by atoms with Crippen LogP contribution in [0.4, 0.5) is 0 Å². The van der Waals surface area contributed by atoms with Gasteiger partial charge in [0, 0.05) is 27.7 Å². The summed E-state index contributed by atoms with van der Waals surface area (Å²) in [6.45, 7) is 0. The van der Waals surface area contributed by atoms with Crippen molar-refractivity contribution in [3.05, 3.63) is 33.8 Å². The molecule has 1 aromatic rings. The second-order valence-corrected chi connectivity index (χ2v) is 6.37. The average Bonchev–Trinajstić information content (AvgIpc) is 2.64. The van der Waals surface area contributed by atoms with E-state index in [1.54, 1.807) is 18.2 Å². The van der Waals surface area contributed by atoms with Gasteiger partial charge in [-0.1, -0.05) is 29.3 Å². The number of fused-ring (bicyclic) bond motifs is 1. The van der Waals surface area contributed by atoms with E-state index >= 15 is 0 Å². The molecule has 118 valence electrons. The van der Waals surface area contributed by atoms with Crippen molar-refractivity contribution < 1.29 is 19.1 Å². The summed E-state index contributed by atoms with van der Waals surface area (Å²) >= 11 is 12.1. The molecule has 0 N–H and O–H groups in total. The minimum atomic E-state index is -1.23. The number of carbonyl (C=O) groups excluding carboxylic acids is 2. The number of benzene rings is 1. The fourth-order valence-electron chi connectivity index (χ4n) is 3.76. The molecule has 2 amide bonds. The summed E-state index contributed by atoms with van der Waals surface area (Å²) in [7, 11) is 4.41. The Balaban J connectivity index is 2.26. The van der Waals surface area contributed by atoms with Crippen LogP contribution in [0.3, 0.4) is 0 Å². The second kappa shape index (κ2) is 4.93. The van der Waals surface area contributed by atoms with Gasteiger partial charge in [-0.3, -0.25) is 14.5 Å². The largest absolute Gasteiger partial charge is 0.352 e. The van der Waals surface area contributed by atoms with Gasteiger partial charge in [0.15, 0.2) is 5.79 Å². The predicted molar refractivity (Wildman–Crippen MR) is 80.8 cm³/mol. The first kappa shape index (κ1) is 15.7. The molecule has 0 spiro atoms. The average molecular weight is 344 g/mol. The fraction of sp³-hybridized carbons (Fsp3) is 0.467. The zero-order valence-corrected chi connectivity index (χ0v) is 13.9. The standard InChI is InChI=1S/C15H15Cl2NO4/c1-18-12(19)9-7-14(21-2,22-3)15(9,13(18)20)8-4-5-10(16)11(17)6-8/h4-6,9H,7H2,1-3H3. The molecular formula is C15H15Cl2NO4. The maximum atomic E-state index is 12.9. The molecule has 2 unspecified atom stereocenters. The summed E-state index contributed by atoms with van der Waals surface area (Å²) in [6, 6.07) is 4.90. The van der Waals surface area contributed by atoms with Gasteiger partial charge in [0.25, 0.3) is 0 Å². The number of carbonyl (C=O) groups is 2. The Morgan fingerprint density at radius 1 is 1.18 bits per heavy atom. The van der Waals surface area contributed by atoms with Gasteiger partial charge >= 0.3 is 0 Å². The number of imide groups is 1. The molecule has 0 aromatic heterocycles. The van der Waals surface area contributed by atoms with Crippen LogP contribution in [0.5, 0.6) is 0 Å². The number of likely N-dealkylation sites (N-methyl/N-ethyl adjacent to an activating group) is 1. The lowest BCUT2D eigenvalue weighted by atomic mass is 9.53. The molecule has 2 aliphatic rings. The number of nitrogens with zero attached hydrogens (tertiary/aromatic N) is 1. The molecule has 2 atom stereocenters. The second-order valence-electron chi connectivity index (χ2n) is 5.56. The summed E-state index contributed by atoms with van der Waals surface area (Å²) in [5, 5.41) is 0.693. The minimum absolute atomic E-state index is 0.235. The van der Waals surface area contributed by atoms with E-state index < -0.39 is 17.1 Å². The monoisotopic (exact) mass is 343 g/mol. The summed E-state index contributed by atoms with van der Waals surface area (Å²) in [5.74, 6) is -2.30. The van der Waals surface area contributed by atoms with Gasteiger partial charge in [-0.05, 0) is 17.7 Å². The number of ether oxygens (including phenoxy) is 2. The Labute approximate surface area is 138 Å². The normalized spacial score (nSPS) is 29.5. The van der Waals surface area contributed by atoms with Gasteiger partial charge < -0.3 is 9.47 Å². The highest BCUT2D eigenvalue weighted by Crippen LogP contribution is 2.62. The Morgan fingerprint density at radius 2 is 1.82 bits per heavy atom. The lowest BCUT2D eigenvalue weighted by molar-refractivity contribution is -0.305. The van der Waals surface area contributed by atoms with Crippen LogP contribution in [-0.4, -0.2) is 43.8 Å². The molecule has 1 saturated carbocycles. The topological polar surface area (TPSA) is 55.8 Å². The summed E-state index contributed by atoms with van der Waals surface area (Å²) in [5.41, 5.74) is -0.652. The molecule has 22 heavy (non-hydrogen) atoms.